The Morgan fingerprint density at radius 2 is 2.29 bits per heavy atom. The van der Waals surface area contributed by atoms with Gasteiger partial charge in [0.1, 0.15) is 5.75 Å². The molecule has 0 fully saturated rings. The van der Waals surface area contributed by atoms with Gasteiger partial charge in [-0.15, -0.1) is 0 Å². The molecule has 3 heteroatoms. The Bertz CT molecular complexity index is 276. The fraction of sp³-hybridized carbons (Fsp3) is 0.455. The summed E-state index contributed by atoms with van der Waals surface area (Å²) in [6, 6.07) is 7.22. The first-order chi connectivity index (χ1) is 6.77. The van der Waals surface area contributed by atoms with E-state index in [9.17, 15) is 0 Å². The van der Waals surface area contributed by atoms with Crippen LogP contribution in [0.15, 0.2) is 24.3 Å². The van der Waals surface area contributed by atoms with Gasteiger partial charge in [-0.25, -0.2) is 0 Å². The van der Waals surface area contributed by atoms with Gasteiger partial charge >= 0.3 is 0 Å². The van der Waals surface area contributed by atoms with E-state index in [1.165, 1.54) is 0 Å². The molecule has 0 unspecified atom stereocenters. The Morgan fingerprint density at radius 3 is 2.93 bits per heavy atom. The third-order valence-electron chi connectivity index (χ3n) is 1.96. The second kappa shape index (κ2) is 5.62. The van der Waals surface area contributed by atoms with E-state index < -0.39 is 0 Å². The molecule has 1 aromatic rings. The molecule has 78 valence electrons. The summed E-state index contributed by atoms with van der Waals surface area (Å²) in [5, 5.41) is 8.89. The highest BCUT2D eigenvalue weighted by atomic mass is 16.5. The standard InChI is InChI=1S/C11H17NO2/c1-2-6-14-10-5-3-4-9(7-10)11(12)8-13/h3-5,7,11,13H,2,6,8,12H2,1H3/t11-/m0/s1. The fourth-order valence-corrected chi connectivity index (χ4v) is 1.16. The molecule has 0 aliphatic carbocycles. The number of hydrogen-bond donors (Lipinski definition) is 2. The van der Waals surface area contributed by atoms with E-state index in [4.69, 9.17) is 15.6 Å². The maximum atomic E-state index is 8.89. The van der Waals surface area contributed by atoms with E-state index in [0.29, 0.717) is 6.61 Å². The number of aliphatic hydroxyl groups is 1. The van der Waals surface area contributed by atoms with Crippen molar-refractivity contribution in [3.05, 3.63) is 29.8 Å². The highest BCUT2D eigenvalue weighted by Crippen LogP contribution is 2.17. The summed E-state index contributed by atoms with van der Waals surface area (Å²) >= 11 is 0. The van der Waals surface area contributed by atoms with Crippen LogP contribution in [0.25, 0.3) is 0 Å². The Labute approximate surface area is 84.5 Å². The van der Waals surface area contributed by atoms with Crippen molar-refractivity contribution < 1.29 is 9.84 Å². The SMILES string of the molecule is CCCOc1cccc([C@@H](N)CO)c1. The lowest BCUT2D eigenvalue weighted by Gasteiger charge is -2.10. The summed E-state index contributed by atoms with van der Waals surface area (Å²) in [5.74, 6) is 0.813. The summed E-state index contributed by atoms with van der Waals surface area (Å²) in [7, 11) is 0. The minimum absolute atomic E-state index is 0.0444. The lowest BCUT2D eigenvalue weighted by molar-refractivity contribution is 0.267. The largest absolute Gasteiger partial charge is 0.494 e. The molecule has 0 bridgehead atoms. The van der Waals surface area contributed by atoms with E-state index in [1.807, 2.05) is 24.3 Å². The molecular formula is C11H17NO2. The second-order valence-corrected chi connectivity index (χ2v) is 3.21. The number of aliphatic hydroxyl groups excluding tert-OH is 1. The molecule has 0 saturated heterocycles. The van der Waals surface area contributed by atoms with Crippen molar-refractivity contribution in [2.45, 2.75) is 19.4 Å². The highest BCUT2D eigenvalue weighted by Gasteiger charge is 2.04. The Morgan fingerprint density at radius 1 is 1.50 bits per heavy atom. The Kier molecular flexibility index (Phi) is 4.43. The molecule has 1 aromatic carbocycles. The third-order valence-corrected chi connectivity index (χ3v) is 1.96. The zero-order valence-corrected chi connectivity index (χ0v) is 8.44. The van der Waals surface area contributed by atoms with Crippen molar-refractivity contribution in [2.75, 3.05) is 13.2 Å². The molecule has 1 atom stereocenters. The van der Waals surface area contributed by atoms with Gasteiger partial charge in [-0.1, -0.05) is 19.1 Å². The van der Waals surface area contributed by atoms with Crippen LogP contribution < -0.4 is 10.5 Å². The van der Waals surface area contributed by atoms with Gasteiger partial charge in [-0.05, 0) is 24.1 Å². The normalized spacial score (nSPS) is 12.5. The molecule has 1 rings (SSSR count). The predicted molar refractivity (Wildman–Crippen MR) is 56.2 cm³/mol. The van der Waals surface area contributed by atoms with Gasteiger partial charge in [0.15, 0.2) is 0 Å². The van der Waals surface area contributed by atoms with Gasteiger partial charge in [0.05, 0.1) is 19.3 Å². The molecule has 0 aromatic heterocycles. The van der Waals surface area contributed by atoms with Gasteiger partial charge < -0.3 is 15.6 Å². The predicted octanol–water partition coefficient (Wildman–Crippen LogP) is 1.47. The molecule has 0 aliphatic rings. The number of hydrogen-bond acceptors (Lipinski definition) is 3. The second-order valence-electron chi connectivity index (χ2n) is 3.21. The molecule has 0 saturated carbocycles. The molecule has 3 nitrogen and oxygen atoms in total. The van der Waals surface area contributed by atoms with Crippen LogP contribution in [0.1, 0.15) is 24.9 Å². The van der Waals surface area contributed by atoms with Crippen LogP contribution in [0.5, 0.6) is 5.75 Å². The monoisotopic (exact) mass is 195 g/mol. The van der Waals surface area contributed by atoms with E-state index in [-0.39, 0.29) is 12.6 Å². The van der Waals surface area contributed by atoms with Gasteiger partial charge in [0.2, 0.25) is 0 Å². The van der Waals surface area contributed by atoms with Crippen molar-refractivity contribution in [1.29, 1.82) is 0 Å². The zero-order valence-electron chi connectivity index (χ0n) is 8.44. The average molecular weight is 195 g/mol. The molecule has 0 radical (unpaired) electrons. The first kappa shape index (κ1) is 11.0. The topological polar surface area (TPSA) is 55.5 Å². The van der Waals surface area contributed by atoms with Crippen LogP contribution in [0, 0.1) is 0 Å². The highest BCUT2D eigenvalue weighted by molar-refractivity contribution is 5.30. The summed E-state index contributed by atoms with van der Waals surface area (Å²) < 4.78 is 5.45. The van der Waals surface area contributed by atoms with Crippen LogP contribution in [-0.4, -0.2) is 18.3 Å². The molecule has 0 aliphatic heterocycles. The molecule has 0 spiro atoms. The van der Waals surface area contributed by atoms with Crippen molar-refractivity contribution in [1.82, 2.24) is 0 Å². The molecule has 3 N–H and O–H groups in total. The maximum absolute atomic E-state index is 8.89. The number of rotatable bonds is 5. The van der Waals surface area contributed by atoms with Crippen molar-refractivity contribution in [3.8, 4) is 5.75 Å². The molecule has 0 heterocycles. The third kappa shape index (κ3) is 3.01. The molecule has 14 heavy (non-hydrogen) atoms. The van der Waals surface area contributed by atoms with E-state index in [0.717, 1.165) is 17.7 Å². The van der Waals surface area contributed by atoms with E-state index >= 15 is 0 Å². The number of nitrogens with two attached hydrogens (primary N) is 1. The number of ether oxygens (including phenoxy) is 1. The first-order valence-corrected chi connectivity index (χ1v) is 4.87. The first-order valence-electron chi connectivity index (χ1n) is 4.87. The van der Waals surface area contributed by atoms with Crippen molar-refractivity contribution >= 4 is 0 Å². The summed E-state index contributed by atoms with van der Waals surface area (Å²) in [5.41, 5.74) is 6.59. The van der Waals surface area contributed by atoms with Crippen molar-refractivity contribution in [2.24, 2.45) is 5.73 Å². The van der Waals surface area contributed by atoms with Crippen LogP contribution >= 0.6 is 0 Å². The minimum Gasteiger partial charge on any atom is -0.494 e. The van der Waals surface area contributed by atoms with Crippen LogP contribution in [0.2, 0.25) is 0 Å². The van der Waals surface area contributed by atoms with Gasteiger partial charge in [0.25, 0.3) is 0 Å². The lowest BCUT2D eigenvalue weighted by atomic mass is 10.1. The van der Waals surface area contributed by atoms with Gasteiger partial charge in [-0.2, -0.15) is 0 Å². The fourth-order valence-electron chi connectivity index (χ4n) is 1.16. The van der Waals surface area contributed by atoms with E-state index in [2.05, 4.69) is 6.92 Å². The quantitative estimate of drug-likeness (QED) is 0.748. The zero-order chi connectivity index (χ0) is 10.4. The summed E-state index contributed by atoms with van der Waals surface area (Å²) in [4.78, 5) is 0. The van der Waals surface area contributed by atoms with E-state index in [1.54, 1.807) is 0 Å². The molecule has 0 amide bonds. The van der Waals surface area contributed by atoms with Crippen LogP contribution in [0.3, 0.4) is 0 Å². The Hall–Kier alpha value is -1.06. The maximum Gasteiger partial charge on any atom is 0.119 e. The summed E-state index contributed by atoms with van der Waals surface area (Å²) in [6.07, 6.45) is 0.982. The van der Waals surface area contributed by atoms with Gasteiger partial charge in [0, 0.05) is 0 Å². The van der Waals surface area contributed by atoms with Crippen molar-refractivity contribution in [3.63, 3.8) is 0 Å². The minimum atomic E-state index is -0.319. The average Bonchev–Trinajstić information content (AvgIpc) is 2.25. The molecular weight excluding hydrogens is 178 g/mol. The van der Waals surface area contributed by atoms with Crippen LogP contribution in [-0.2, 0) is 0 Å². The number of benzene rings is 1. The van der Waals surface area contributed by atoms with Gasteiger partial charge in [-0.3, -0.25) is 0 Å². The van der Waals surface area contributed by atoms with Crippen LogP contribution in [0.4, 0.5) is 0 Å². The Balaban J connectivity index is 2.68. The smallest absolute Gasteiger partial charge is 0.119 e. The summed E-state index contributed by atoms with van der Waals surface area (Å²) in [6.45, 7) is 2.72. The lowest BCUT2D eigenvalue weighted by Crippen LogP contribution is -2.14.